The van der Waals surface area contributed by atoms with E-state index in [0.29, 0.717) is 12.5 Å². The molecule has 12 heavy (non-hydrogen) atoms. The van der Waals surface area contributed by atoms with Gasteiger partial charge in [-0.15, -0.1) is 4.52 Å². The molecule has 4 heteroatoms. The molecule has 0 rings (SSSR count). The fourth-order valence-electron chi connectivity index (χ4n) is 1.05. The maximum Gasteiger partial charge on any atom is 3.00 e. The van der Waals surface area contributed by atoms with Crippen molar-refractivity contribution in [1.82, 2.24) is 0 Å². The van der Waals surface area contributed by atoms with Crippen molar-refractivity contribution in [1.29, 1.82) is 0 Å². The number of unbranched alkanes of at least 4 members (excludes halogenated alkanes) is 1. The van der Waals surface area contributed by atoms with E-state index in [1.54, 1.807) is 0 Å². The van der Waals surface area contributed by atoms with Crippen LogP contribution in [0.1, 0.15) is 39.5 Å². The van der Waals surface area contributed by atoms with Crippen molar-refractivity contribution in [3.8, 4) is 0 Å². The summed E-state index contributed by atoms with van der Waals surface area (Å²) < 4.78 is 14.9. The summed E-state index contributed by atoms with van der Waals surface area (Å²) in [6.07, 6.45) is 4.82. The van der Waals surface area contributed by atoms with Gasteiger partial charge in [-0.05, 0) is 16.9 Å². The first-order valence-corrected chi connectivity index (χ1v) is 5.15. The van der Waals surface area contributed by atoms with E-state index in [0.717, 1.165) is 6.42 Å². The van der Waals surface area contributed by atoms with E-state index in [-0.39, 0.29) is 16.8 Å². The Balaban J connectivity index is 0. The van der Waals surface area contributed by atoms with Crippen molar-refractivity contribution in [2.45, 2.75) is 39.5 Å². The molecule has 0 aromatic heterocycles. The summed E-state index contributed by atoms with van der Waals surface area (Å²) in [6, 6.07) is 0. The van der Waals surface area contributed by atoms with Gasteiger partial charge in [0.25, 0.3) is 0 Å². The first kappa shape index (κ1) is 15.1. The molecular weight excluding hydrogens is 218 g/mol. The van der Waals surface area contributed by atoms with E-state index in [1.165, 1.54) is 19.3 Å². The van der Waals surface area contributed by atoms with Crippen molar-refractivity contribution in [3.63, 3.8) is 0 Å². The second kappa shape index (κ2) is 11.6. The Kier molecular flexibility index (Phi) is 14.5. The third kappa shape index (κ3) is 8.66. The van der Waals surface area contributed by atoms with Gasteiger partial charge in [-0.3, -0.25) is 0 Å². The minimum absolute atomic E-state index is 0. The Hall–Kier alpha value is 0.566. The molecule has 0 aromatic carbocycles. The zero-order valence-electron chi connectivity index (χ0n) is 7.76. The summed E-state index contributed by atoms with van der Waals surface area (Å²) >= 11 is 0. The van der Waals surface area contributed by atoms with Crippen LogP contribution in [-0.4, -0.2) is 6.61 Å². The van der Waals surface area contributed by atoms with Crippen LogP contribution < -0.4 is 0 Å². The van der Waals surface area contributed by atoms with Crippen LogP contribution in [0.2, 0.25) is 0 Å². The van der Waals surface area contributed by atoms with Gasteiger partial charge in [0.1, 0.15) is 6.61 Å². The molecular formula is C8H18CoO2P+4. The molecule has 0 aromatic rings. The summed E-state index contributed by atoms with van der Waals surface area (Å²) in [7, 11) is -0.591. The van der Waals surface area contributed by atoms with E-state index in [2.05, 4.69) is 13.8 Å². The van der Waals surface area contributed by atoms with Gasteiger partial charge in [-0.25, -0.2) is 0 Å². The second-order valence-corrected chi connectivity index (χ2v) is 3.27. The van der Waals surface area contributed by atoms with E-state index in [4.69, 9.17) is 4.52 Å². The number of hydrogen-bond acceptors (Lipinski definition) is 2. The van der Waals surface area contributed by atoms with Crippen LogP contribution in [0.25, 0.3) is 0 Å². The zero-order chi connectivity index (χ0) is 8.53. The molecule has 0 heterocycles. The van der Waals surface area contributed by atoms with Crippen LogP contribution in [0.4, 0.5) is 0 Å². The fourth-order valence-corrected chi connectivity index (χ4v) is 1.35. The predicted molar refractivity (Wildman–Crippen MR) is 48.3 cm³/mol. The molecule has 2 unspecified atom stereocenters. The van der Waals surface area contributed by atoms with E-state index in [1.807, 2.05) is 0 Å². The molecule has 0 N–H and O–H groups in total. The third-order valence-corrected chi connectivity index (χ3v) is 2.21. The molecule has 0 saturated carbocycles. The van der Waals surface area contributed by atoms with Gasteiger partial charge in [0.2, 0.25) is 0 Å². The molecule has 0 amide bonds. The van der Waals surface area contributed by atoms with Crippen LogP contribution in [-0.2, 0) is 25.9 Å². The van der Waals surface area contributed by atoms with Crippen LogP contribution in [0.15, 0.2) is 0 Å². The molecule has 2 atom stereocenters. The topological polar surface area (TPSA) is 26.3 Å². The monoisotopic (exact) mass is 236 g/mol. The van der Waals surface area contributed by atoms with Gasteiger partial charge in [0, 0.05) is 0 Å². The smallest absolute Gasteiger partial charge is 0.148 e. The molecule has 0 bridgehead atoms. The third-order valence-electron chi connectivity index (χ3n) is 1.92. The first-order valence-electron chi connectivity index (χ1n) is 4.34. The Morgan fingerprint density at radius 3 is 2.50 bits per heavy atom. The molecule has 0 aliphatic carbocycles. The van der Waals surface area contributed by atoms with Crippen LogP contribution in [0.3, 0.4) is 0 Å². The quantitative estimate of drug-likeness (QED) is 0.634. The molecule has 0 aliphatic rings. The fraction of sp³-hybridized carbons (Fsp3) is 1.00. The minimum Gasteiger partial charge on any atom is -0.148 e. The van der Waals surface area contributed by atoms with Gasteiger partial charge in [0.15, 0.2) is 0 Å². The predicted octanol–water partition coefficient (Wildman–Crippen LogP) is 3.16. The maximum atomic E-state index is 10.0. The standard InChI is InChI=1S/C8H18O2P.Co/c1-3-5-6-8(4-2)7-10-11-9;/h8,11H,3-7H2,1-2H3;/q+1;+3. The van der Waals surface area contributed by atoms with Gasteiger partial charge in [-0.1, -0.05) is 33.1 Å². The summed E-state index contributed by atoms with van der Waals surface area (Å²) in [6.45, 7) is 5.00. The Morgan fingerprint density at radius 2 is 2.08 bits per heavy atom. The molecule has 0 radical (unpaired) electrons. The van der Waals surface area contributed by atoms with Crippen molar-refractivity contribution in [2.75, 3.05) is 6.61 Å². The number of rotatable bonds is 7. The molecule has 72 valence electrons. The first-order chi connectivity index (χ1) is 5.35. The summed E-state index contributed by atoms with van der Waals surface area (Å²) in [5.41, 5.74) is 0. The van der Waals surface area contributed by atoms with Crippen molar-refractivity contribution >= 4 is 8.69 Å². The van der Waals surface area contributed by atoms with Crippen molar-refractivity contribution in [3.05, 3.63) is 0 Å². The average Bonchev–Trinajstić information content (AvgIpc) is 2.05. The molecule has 0 fully saturated rings. The SMILES string of the molecule is CCCCC(CC)CO[PH+]=O.[Co+3]. The van der Waals surface area contributed by atoms with Crippen molar-refractivity contribution in [2.24, 2.45) is 5.92 Å². The summed E-state index contributed by atoms with van der Waals surface area (Å²) in [4.78, 5) is 0. The molecule has 2 nitrogen and oxygen atoms in total. The van der Waals surface area contributed by atoms with Gasteiger partial charge in [0.05, 0.1) is 0 Å². The van der Waals surface area contributed by atoms with E-state index < -0.39 is 8.69 Å². The Bertz CT molecular complexity index is 101. The van der Waals surface area contributed by atoms with E-state index >= 15 is 0 Å². The average molecular weight is 236 g/mol. The molecule has 0 saturated heterocycles. The Morgan fingerprint density at radius 1 is 1.42 bits per heavy atom. The molecule has 0 spiro atoms. The van der Waals surface area contributed by atoms with Crippen molar-refractivity contribution < 1.29 is 25.9 Å². The minimum atomic E-state index is -0.591. The molecule has 0 aliphatic heterocycles. The second-order valence-electron chi connectivity index (χ2n) is 2.81. The maximum absolute atomic E-state index is 10.0. The van der Waals surface area contributed by atoms with Gasteiger partial charge < -0.3 is 0 Å². The normalized spacial score (nSPS) is 12.5. The summed E-state index contributed by atoms with van der Waals surface area (Å²) in [5, 5.41) is 0. The van der Waals surface area contributed by atoms with Gasteiger partial charge >= 0.3 is 25.5 Å². The zero-order valence-corrected chi connectivity index (χ0v) is 9.80. The Labute approximate surface area is 86.9 Å². The van der Waals surface area contributed by atoms with Crippen LogP contribution in [0, 0.1) is 5.92 Å². The van der Waals surface area contributed by atoms with Crippen LogP contribution >= 0.6 is 8.69 Å². The number of hydrogen-bond donors (Lipinski definition) is 0. The largest absolute Gasteiger partial charge is 3.00 e. The van der Waals surface area contributed by atoms with Gasteiger partial charge in [-0.2, -0.15) is 0 Å². The van der Waals surface area contributed by atoms with Crippen LogP contribution in [0.5, 0.6) is 0 Å². The van der Waals surface area contributed by atoms with E-state index in [9.17, 15) is 4.57 Å². The summed E-state index contributed by atoms with van der Waals surface area (Å²) in [5.74, 6) is 0.608.